The number of hydrogen-bond acceptors (Lipinski definition) is 5. The Balaban J connectivity index is 1.45. The molecule has 31 heavy (non-hydrogen) atoms. The molecule has 1 fully saturated rings. The van der Waals surface area contributed by atoms with Crippen LogP contribution in [0.1, 0.15) is 44.1 Å². The zero-order valence-electron chi connectivity index (χ0n) is 19.2. The van der Waals surface area contributed by atoms with Crippen LogP contribution in [0.15, 0.2) is 42.5 Å². The van der Waals surface area contributed by atoms with Crippen molar-refractivity contribution in [3.05, 3.63) is 48.0 Å². The van der Waals surface area contributed by atoms with Gasteiger partial charge in [-0.1, -0.05) is 31.9 Å². The second-order valence-electron chi connectivity index (χ2n) is 8.97. The van der Waals surface area contributed by atoms with Gasteiger partial charge in [-0.15, -0.1) is 0 Å². The SMILES string of the molecule is CCCCCN1CC[C@@H](c2ccc(N(C)C)cc2)[C@H](COc2ccc3c(c2)OCO3)C1. The van der Waals surface area contributed by atoms with Crippen LogP contribution in [0.25, 0.3) is 0 Å². The van der Waals surface area contributed by atoms with Crippen molar-refractivity contribution in [2.45, 2.75) is 38.5 Å². The summed E-state index contributed by atoms with van der Waals surface area (Å²) in [6.45, 7) is 6.73. The summed E-state index contributed by atoms with van der Waals surface area (Å²) in [5, 5.41) is 0. The highest BCUT2D eigenvalue weighted by Crippen LogP contribution is 2.37. The highest BCUT2D eigenvalue weighted by molar-refractivity contribution is 5.47. The zero-order chi connectivity index (χ0) is 21.6. The zero-order valence-corrected chi connectivity index (χ0v) is 19.2. The first-order chi connectivity index (χ1) is 15.1. The van der Waals surface area contributed by atoms with Crippen molar-refractivity contribution < 1.29 is 14.2 Å². The molecule has 0 amide bonds. The van der Waals surface area contributed by atoms with E-state index in [4.69, 9.17) is 14.2 Å². The lowest BCUT2D eigenvalue weighted by Gasteiger charge is -2.39. The first-order valence-corrected chi connectivity index (χ1v) is 11.7. The normalized spacial score (nSPS) is 20.6. The van der Waals surface area contributed by atoms with E-state index < -0.39 is 0 Å². The molecule has 4 rings (SSSR count). The fourth-order valence-corrected chi connectivity index (χ4v) is 4.69. The summed E-state index contributed by atoms with van der Waals surface area (Å²) in [4.78, 5) is 4.79. The number of nitrogens with zero attached hydrogens (tertiary/aromatic N) is 2. The van der Waals surface area contributed by atoms with E-state index >= 15 is 0 Å². The first kappa shape index (κ1) is 21.8. The molecule has 5 nitrogen and oxygen atoms in total. The Morgan fingerprint density at radius 3 is 2.61 bits per heavy atom. The summed E-state index contributed by atoms with van der Waals surface area (Å²) < 4.78 is 17.2. The fourth-order valence-electron chi connectivity index (χ4n) is 4.69. The Bertz CT molecular complexity index is 837. The Labute approximate surface area is 186 Å². The maximum Gasteiger partial charge on any atom is 0.231 e. The van der Waals surface area contributed by atoms with E-state index in [1.54, 1.807) is 0 Å². The highest BCUT2D eigenvalue weighted by atomic mass is 16.7. The molecule has 5 heteroatoms. The van der Waals surface area contributed by atoms with Crippen LogP contribution < -0.4 is 19.1 Å². The summed E-state index contributed by atoms with van der Waals surface area (Å²) in [5.41, 5.74) is 2.67. The molecule has 2 aromatic rings. The number of hydrogen-bond donors (Lipinski definition) is 0. The maximum atomic E-state index is 6.29. The lowest BCUT2D eigenvalue weighted by molar-refractivity contribution is 0.109. The lowest BCUT2D eigenvalue weighted by Crippen LogP contribution is -2.42. The molecule has 2 aromatic carbocycles. The number of piperidine rings is 1. The van der Waals surface area contributed by atoms with Crippen molar-refractivity contribution in [2.75, 3.05) is 52.0 Å². The van der Waals surface area contributed by atoms with Crippen LogP contribution in [0, 0.1) is 5.92 Å². The van der Waals surface area contributed by atoms with Gasteiger partial charge in [0.2, 0.25) is 6.79 Å². The van der Waals surface area contributed by atoms with Gasteiger partial charge < -0.3 is 24.0 Å². The molecule has 0 N–H and O–H groups in total. The molecule has 0 aromatic heterocycles. The number of unbranched alkanes of at least 4 members (excludes halogenated alkanes) is 2. The van der Waals surface area contributed by atoms with E-state index in [0.717, 1.165) is 23.8 Å². The van der Waals surface area contributed by atoms with Crippen LogP contribution in [0.3, 0.4) is 0 Å². The van der Waals surface area contributed by atoms with Crippen molar-refractivity contribution in [1.29, 1.82) is 0 Å². The van der Waals surface area contributed by atoms with Gasteiger partial charge in [0.25, 0.3) is 0 Å². The van der Waals surface area contributed by atoms with Crippen molar-refractivity contribution in [3.8, 4) is 17.2 Å². The minimum absolute atomic E-state index is 0.291. The Morgan fingerprint density at radius 1 is 1.03 bits per heavy atom. The topological polar surface area (TPSA) is 34.2 Å². The van der Waals surface area contributed by atoms with Gasteiger partial charge in [0.05, 0.1) is 6.61 Å². The molecule has 168 valence electrons. The van der Waals surface area contributed by atoms with Crippen LogP contribution >= 0.6 is 0 Å². The Kier molecular flexibility index (Phi) is 7.23. The van der Waals surface area contributed by atoms with E-state index in [0.29, 0.717) is 25.2 Å². The molecule has 0 spiro atoms. The van der Waals surface area contributed by atoms with E-state index in [2.05, 4.69) is 55.1 Å². The summed E-state index contributed by atoms with van der Waals surface area (Å²) >= 11 is 0. The standard InChI is InChI=1S/C26H36N2O3/c1-4-5-6-14-28-15-13-24(20-7-9-22(10-8-20)27(2)3)21(17-28)18-29-23-11-12-25-26(16-23)31-19-30-25/h7-12,16,21,24H,4-6,13-15,17-19H2,1-3H3/t21-,24-/m0/s1. The highest BCUT2D eigenvalue weighted by Gasteiger charge is 2.31. The third kappa shape index (κ3) is 5.45. The summed E-state index contributed by atoms with van der Waals surface area (Å²) in [6.07, 6.45) is 5.05. The predicted octanol–water partition coefficient (Wildman–Crippen LogP) is 5.16. The largest absolute Gasteiger partial charge is 0.493 e. The average molecular weight is 425 g/mol. The third-order valence-corrected chi connectivity index (χ3v) is 6.54. The van der Waals surface area contributed by atoms with Crippen molar-refractivity contribution >= 4 is 5.69 Å². The molecule has 0 unspecified atom stereocenters. The monoisotopic (exact) mass is 424 g/mol. The van der Waals surface area contributed by atoms with E-state index in [1.165, 1.54) is 50.0 Å². The number of benzene rings is 2. The smallest absolute Gasteiger partial charge is 0.231 e. The van der Waals surface area contributed by atoms with Gasteiger partial charge in [-0.05, 0) is 61.7 Å². The van der Waals surface area contributed by atoms with Gasteiger partial charge in [0, 0.05) is 38.3 Å². The first-order valence-electron chi connectivity index (χ1n) is 11.7. The number of anilines is 1. The molecule has 1 saturated heterocycles. The number of fused-ring (bicyclic) bond motifs is 1. The summed E-state index contributed by atoms with van der Waals surface area (Å²) in [6, 6.07) is 15.0. The molecule has 0 aliphatic carbocycles. The van der Waals surface area contributed by atoms with Gasteiger partial charge in [-0.25, -0.2) is 0 Å². The van der Waals surface area contributed by atoms with Gasteiger partial charge >= 0.3 is 0 Å². The molecule has 0 radical (unpaired) electrons. The number of rotatable bonds is 9. The molecule has 0 bridgehead atoms. The molecular formula is C26H36N2O3. The molecule has 2 heterocycles. The lowest BCUT2D eigenvalue weighted by atomic mass is 9.80. The van der Waals surface area contributed by atoms with Crippen LogP contribution in [-0.2, 0) is 0 Å². The quantitative estimate of drug-likeness (QED) is 0.520. The van der Waals surface area contributed by atoms with E-state index in [-0.39, 0.29) is 0 Å². The number of likely N-dealkylation sites (tertiary alicyclic amines) is 1. The van der Waals surface area contributed by atoms with E-state index in [1.807, 2.05) is 18.2 Å². The molecular weight excluding hydrogens is 388 g/mol. The molecule has 2 aliphatic rings. The summed E-state index contributed by atoms with van der Waals surface area (Å²) in [7, 11) is 4.18. The van der Waals surface area contributed by atoms with Crippen LogP contribution in [0.2, 0.25) is 0 Å². The van der Waals surface area contributed by atoms with Crippen LogP contribution in [-0.4, -0.2) is 52.0 Å². The second-order valence-corrected chi connectivity index (χ2v) is 8.97. The molecule has 2 aliphatic heterocycles. The number of ether oxygens (including phenoxy) is 3. The summed E-state index contributed by atoms with van der Waals surface area (Å²) in [5.74, 6) is 3.41. The van der Waals surface area contributed by atoms with Gasteiger partial charge in [-0.2, -0.15) is 0 Å². The minimum atomic E-state index is 0.291. The molecule has 0 saturated carbocycles. The predicted molar refractivity (Wildman–Crippen MR) is 126 cm³/mol. The van der Waals surface area contributed by atoms with Gasteiger partial charge in [-0.3, -0.25) is 0 Å². The Hall–Kier alpha value is -2.40. The van der Waals surface area contributed by atoms with Gasteiger partial charge in [0.15, 0.2) is 11.5 Å². The fraction of sp³-hybridized carbons (Fsp3) is 0.538. The average Bonchev–Trinajstić information content (AvgIpc) is 3.26. The third-order valence-electron chi connectivity index (χ3n) is 6.54. The van der Waals surface area contributed by atoms with Crippen molar-refractivity contribution in [2.24, 2.45) is 5.92 Å². The Morgan fingerprint density at radius 2 is 1.84 bits per heavy atom. The van der Waals surface area contributed by atoms with Crippen molar-refractivity contribution in [3.63, 3.8) is 0 Å². The minimum Gasteiger partial charge on any atom is -0.493 e. The van der Waals surface area contributed by atoms with Crippen molar-refractivity contribution in [1.82, 2.24) is 4.90 Å². The van der Waals surface area contributed by atoms with Crippen LogP contribution in [0.5, 0.6) is 17.2 Å². The second kappa shape index (κ2) is 10.3. The van der Waals surface area contributed by atoms with E-state index in [9.17, 15) is 0 Å². The van der Waals surface area contributed by atoms with Gasteiger partial charge in [0.1, 0.15) is 5.75 Å². The maximum absolute atomic E-state index is 6.29. The van der Waals surface area contributed by atoms with Crippen LogP contribution in [0.4, 0.5) is 5.69 Å². The molecule has 2 atom stereocenters.